The van der Waals surface area contributed by atoms with Gasteiger partial charge in [0.1, 0.15) is 0 Å². The minimum absolute atomic E-state index is 0.157. The highest BCUT2D eigenvalue weighted by Gasteiger charge is 2.23. The lowest BCUT2D eigenvalue weighted by Gasteiger charge is -2.25. The number of hydrogen-bond donors (Lipinski definition) is 1. The third-order valence-electron chi connectivity index (χ3n) is 3.50. The predicted octanol–water partition coefficient (Wildman–Crippen LogP) is 3.57. The van der Waals surface area contributed by atoms with Crippen LogP contribution in [0.25, 0.3) is 0 Å². The van der Waals surface area contributed by atoms with Crippen molar-refractivity contribution in [3.63, 3.8) is 0 Å². The Balaban J connectivity index is 2.06. The summed E-state index contributed by atoms with van der Waals surface area (Å²) in [5.74, 6) is -2.63. The Hall–Kier alpha value is -0.960. The highest BCUT2D eigenvalue weighted by Crippen LogP contribution is 2.23. The van der Waals surface area contributed by atoms with Gasteiger partial charge in [-0.05, 0) is 43.9 Å². The summed E-state index contributed by atoms with van der Waals surface area (Å²) in [6.07, 6.45) is 4.33. The van der Waals surface area contributed by atoms with Crippen LogP contribution in [0.3, 0.4) is 0 Å². The molecule has 1 aromatic carbocycles. The minimum atomic E-state index is -2.63. The molecule has 1 atom stereocenters. The molecule has 1 saturated heterocycles. The van der Waals surface area contributed by atoms with Crippen molar-refractivity contribution in [2.45, 2.75) is 51.0 Å². The van der Waals surface area contributed by atoms with Crippen molar-refractivity contribution < 1.29 is 8.78 Å². The first-order valence-corrected chi connectivity index (χ1v) is 6.72. The summed E-state index contributed by atoms with van der Waals surface area (Å²) >= 11 is 0. The maximum absolute atomic E-state index is 13.2. The molecule has 0 amide bonds. The lowest BCUT2D eigenvalue weighted by molar-refractivity contribution is 0.0224. The smallest absolute Gasteiger partial charge is 0.249 e. The zero-order valence-corrected chi connectivity index (χ0v) is 10.9. The molecule has 18 heavy (non-hydrogen) atoms. The first-order chi connectivity index (χ1) is 8.54. The van der Waals surface area contributed by atoms with Crippen molar-refractivity contribution >= 4 is 0 Å². The summed E-state index contributed by atoms with van der Waals surface area (Å²) in [6.45, 7) is 2.04. The maximum atomic E-state index is 13.2. The second-order valence-electron chi connectivity index (χ2n) is 5.37. The monoisotopic (exact) mass is 253 g/mol. The fourth-order valence-corrected chi connectivity index (χ4v) is 2.63. The van der Waals surface area contributed by atoms with E-state index in [1.54, 1.807) is 0 Å². The Morgan fingerprint density at radius 1 is 1.22 bits per heavy atom. The molecule has 2 rings (SSSR count). The highest BCUT2D eigenvalue weighted by atomic mass is 19.3. The van der Waals surface area contributed by atoms with Crippen molar-refractivity contribution in [3.8, 4) is 0 Å². The molecule has 1 unspecified atom stereocenters. The largest absolute Gasteiger partial charge is 0.314 e. The Morgan fingerprint density at radius 3 is 2.56 bits per heavy atom. The van der Waals surface area contributed by atoms with Crippen LogP contribution in [0.15, 0.2) is 24.3 Å². The average Bonchev–Trinajstić information content (AvgIpc) is 2.31. The molecule has 0 radical (unpaired) electrons. The first kappa shape index (κ1) is 13.5. The molecule has 100 valence electrons. The van der Waals surface area contributed by atoms with E-state index in [9.17, 15) is 8.78 Å². The summed E-state index contributed by atoms with van der Waals surface area (Å²) in [4.78, 5) is 0. The first-order valence-electron chi connectivity index (χ1n) is 6.72. The summed E-state index contributed by atoms with van der Waals surface area (Å²) in [6, 6.07) is 8.05. The Labute approximate surface area is 108 Å². The molecule has 1 heterocycles. The van der Waals surface area contributed by atoms with Gasteiger partial charge in [0.05, 0.1) is 0 Å². The number of halogens is 2. The van der Waals surface area contributed by atoms with Gasteiger partial charge in [-0.25, -0.2) is 8.78 Å². The number of nitrogens with one attached hydrogen (secondary N) is 1. The average molecular weight is 253 g/mol. The molecule has 0 saturated carbocycles. The topological polar surface area (TPSA) is 12.0 Å². The van der Waals surface area contributed by atoms with Gasteiger partial charge in [0.15, 0.2) is 0 Å². The molecule has 3 heteroatoms. The minimum Gasteiger partial charge on any atom is -0.314 e. The Morgan fingerprint density at radius 2 is 1.94 bits per heavy atom. The van der Waals surface area contributed by atoms with Crippen LogP contribution in [0.1, 0.15) is 37.3 Å². The SMILES string of the molecule is CC(F)(F)Cc1ccccc1CC1CCCCN1. The van der Waals surface area contributed by atoms with Gasteiger partial charge in [0.2, 0.25) is 5.92 Å². The van der Waals surface area contributed by atoms with Crippen LogP contribution in [0.5, 0.6) is 0 Å². The van der Waals surface area contributed by atoms with Gasteiger partial charge in [-0.3, -0.25) is 0 Å². The molecular formula is C15H21F2N. The molecule has 1 nitrogen and oxygen atoms in total. The highest BCUT2D eigenvalue weighted by molar-refractivity contribution is 5.29. The number of piperidine rings is 1. The van der Waals surface area contributed by atoms with E-state index in [0.717, 1.165) is 37.4 Å². The summed E-state index contributed by atoms with van der Waals surface area (Å²) in [5.41, 5.74) is 1.86. The molecular weight excluding hydrogens is 232 g/mol. The van der Waals surface area contributed by atoms with Crippen LogP contribution < -0.4 is 5.32 Å². The van der Waals surface area contributed by atoms with Crippen molar-refractivity contribution in [1.82, 2.24) is 5.32 Å². The third kappa shape index (κ3) is 4.05. The van der Waals surface area contributed by atoms with Gasteiger partial charge in [-0.2, -0.15) is 0 Å². The number of alkyl halides is 2. The van der Waals surface area contributed by atoms with Gasteiger partial charge >= 0.3 is 0 Å². The van der Waals surface area contributed by atoms with E-state index < -0.39 is 5.92 Å². The lowest BCUT2D eigenvalue weighted by Crippen LogP contribution is -2.35. The summed E-state index contributed by atoms with van der Waals surface area (Å²) in [7, 11) is 0. The van der Waals surface area contributed by atoms with Crippen LogP contribution in [-0.4, -0.2) is 18.5 Å². The Bertz CT molecular complexity index is 378. The zero-order valence-electron chi connectivity index (χ0n) is 10.9. The van der Waals surface area contributed by atoms with E-state index in [1.165, 1.54) is 12.8 Å². The molecule has 0 aliphatic carbocycles. The lowest BCUT2D eigenvalue weighted by atomic mass is 9.93. The van der Waals surface area contributed by atoms with Crippen LogP contribution in [0, 0.1) is 0 Å². The normalized spacial score (nSPS) is 20.9. The Kier molecular flexibility index (Phi) is 4.33. The van der Waals surface area contributed by atoms with Gasteiger partial charge in [0.25, 0.3) is 0 Å². The summed E-state index contributed by atoms with van der Waals surface area (Å²) < 4.78 is 26.3. The second kappa shape index (κ2) is 5.79. The molecule has 0 bridgehead atoms. The molecule has 1 aromatic rings. The van der Waals surface area contributed by atoms with Crippen LogP contribution in [-0.2, 0) is 12.8 Å². The quantitative estimate of drug-likeness (QED) is 0.865. The summed E-state index contributed by atoms with van der Waals surface area (Å²) in [5, 5.41) is 3.47. The third-order valence-corrected chi connectivity index (χ3v) is 3.50. The fraction of sp³-hybridized carbons (Fsp3) is 0.600. The second-order valence-corrected chi connectivity index (χ2v) is 5.37. The molecule has 1 aliphatic rings. The molecule has 0 aromatic heterocycles. The van der Waals surface area contributed by atoms with E-state index in [1.807, 2.05) is 24.3 Å². The van der Waals surface area contributed by atoms with E-state index >= 15 is 0 Å². The van der Waals surface area contributed by atoms with Gasteiger partial charge in [-0.15, -0.1) is 0 Å². The van der Waals surface area contributed by atoms with Crippen LogP contribution in [0.4, 0.5) is 8.78 Å². The molecule has 1 N–H and O–H groups in total. The van der Waals surface area contributed by atoms with Gasteiger partial charge in [-0.1, -0.05) is 30.7 Å². The van der Waals surface area contributed by atoms with Crippen LogP contribution in [0.2, 0.25) is 0 Å². The van der Waals surface area contributed by atoms with E-state index in [0.29, 0.717) is 6.04 Å². The van der Waals surface area contributed by atoms with Gasteiger partial charge in [0, 0.05) is 12.5 Å². The van der Waals surface area contributed by atoms with Crippen molar-refractivity contribution in [1.29, 1.82) is 0 Å². The van der Waals surface area contributed by atoms with Crippen molar-refractivity contribution in [2.24, 2.45) is 0 Å². The van der Waals surface area contributed by atoms with E-state index in [-0.39, 0.29) is 6.42 Å². The van der Waals surface area contributed by atoms with Crippen LogP contribution >= 0.6 is 0 Å². The van der Waals surface area contributed by atoms with E-state index in [2.05, 4.69) is 5.32 Å². The number of rotatable bonds is 4. The van der Waals surface area contributed by atoms with Crippen molar-refractivity contribution in [2.75, 3.05) is 6.54 Å². The number of benzene rings is 1. The zero-order chi connectivity index (χ0) is 13.0. The molecule has 1 aliphatic heterocycles. The predicted molar refractivity (Wildman–Crippen MR) is 70.1 cm³/mol. The fourth-order valence-electron chi connectivity index (χ4n) is 2.63. The van der Waals surface area contributed by atoms with Crippen molar-refractivity contribution in [3.05, 3.63) is 35.4 Å². The molecule has 1 fully saturated rings. The van der Waals surface area contributed by atoms with Gasteiger partial charge < -0.3 is 5.32 Å². The maximum Gasteiger partial charge on any atom is 0.249 e. The number of hydrogen-bond acceptors (Lipinski definition) is 1. The standard InChI is InChI=1S/C15H21F2N/c1-15(16,17)11-13-7-3-2-6-12(13)10-14-8-4-5-9-18-14/h2-3,6-7,14,18H,4-5,8-11H2,1H3. The van der Waals surface area contributed by atoms with E-state index in [4.69, 9.17) is 0 Å². The molecule has 0 spiro atoms.